The lowest BCUT2D eigenvalue weighted by molar-refractivity contribution is 0.390. The van der Waals surface area contributed by atoms with E-state index in [1.807, 2.05) is 24.3 Å². The first kappa shape index (κ1) is 21.5. The molecule has 6 rings (SSSR count). The number of rotatable bonds is 9. The van der Waals surface area contributed by atoms with Gasteiger partial charge in [0.2, 0.25) is 0 Å². The highest BCUT2D eigenvalue weighted by Gasteiger charge is 2.35. The molecule has 0 radical (unpaired) electrons. The molecule has 6 heteroatoms. The summed E-state index contributed by atoms with van der Waals surface area (Å²) in [5.41, 5.74) is 6.08. The molecule has 0 aliphatic carbocycles. The SMILES string of the molecule is Oc1ccc(C(c2ccc(O)cc2)c2cc(CC3CO3)c(O)c(CC3CO3)c2CC2CO2)cc1. The zero-order chi connectivity index (χ0) is 23.2. The third-order valence-electron chi connectivity index (χ3n) is 6.91. The molecule has 176 valence electrons. The molecule has 3 heterocycles. The van der Waals surface area contributed by atoms with Crippen LogP contribution in [0.4, 0.5) is 0 Å². The van der Waals surface area contributed by atoms with Gasteiger partial charge >= 0.3 is 0 Å². The lowest BCUT2D eigenvalue weighted by Crippen LogP contribution is -2.14. The van der Waals surface area contributed by atoms with Gasteiger partial charge in [-0.2, -0.15) is 0 Å². The Morgan fingerprint density at radius 3 is 1.56 bits per heavy atom. The van der Waals surface area contributed by atoms with E-state index >= 15 is 0 Å². The molecule has 3 N–H and O–H groups in total. The van der Waals surface area contributed by atoms with E-state index in [1.54, 1.807) is 24.3 Å². The molecule has 0 bridgehead atoms. The summed E-state index contributed by atoms with van der Waals surface area (Å²) in [6.07, 6.45) is 2.47. The van der Waals surface area contributed by atoms with Crippen LogP contribution in [0, 0.1) is 0 Å². The van der Waals surface area contributed by atoms with Crippen LogP contribution >= 0.6 is 0 Å². The predicted molar refractivity (Wildman–Crippen MR) is 126 cm³/mol. The minimum Gasteiger partial charge on any atom is -0.508 e. The molecule has 3 aromatic rings. The summed E-state index contributed by atoms with van der Waals surface area (Å²) >= 11 is 0. The van der Waals surface area contributed by atoms with Crippen molar-refractivity contribution in [2.24, 2.45) is 0 Å². The largest absolute Gasteiger partial charge is 0.508 e. The van der Waals surface area contributed by atoms with Gasteiger partial charge in [-0.05, 0) is 52.1 Å². The fraction of sp³-hybridized carbons (Fsp3) is 0.357. The summed E-state index contributed by atoms with van der Waals surface area (Å²) in [6, 6.07) is 16.7. The lowest BCUT2D eigenvalue weighted by Gasteiger charge is -2.26. The van der Waals surface area contributed by atoms with Crippen LogP contribution in [0.5, 0.6) is 17.2 Å². The Morgan fingerprint density at radius 1 is 0.647 bits per heavy atom. The van der Waals surface area contributed by atoms with Crippen molar-refractivity contribution in [3.8, 4) is 17.2 Å². The van der Waals surface area contributed by atoms with Crippen LogP contribution in [0.25, 0.3) is 0 Å². The predicted octanol–water partition coefficient (Wildman–Crippen LogP) is 3.81. The molecular formula is C28H28O6. The number of ether oxygens (including phenoxy) is 3. The van der Waals surface area contributed by atoms with Crippen LogP contribution in [0.15, 0.2) is 54.6 Å². The molecule has 3 fully saturated rings. The standard InChI is InChI=1S/C28H28O6/c29-19-5-1-16(2-6-19)27(17-3-7-20(30)8-4-17)25-10-18(9-21-13-32-21)28(31)26(12-23-15-34-23)24(25)11-22-14-33-22/h1-8,10,21-23,27,29-31H,9,11-15H2. The fourth-order valence-electron chi connectivity index (χ4n) is 4.87. The summed E-state index contributed by atoms with van der Waals surface area (Å²) in [5, 5.41) is 31.2. The first-order valence-corrected chi connectivity index (χ1v) is 11.8. The van der Waals surface area contributed by atoms with Crippen LogP contribution in [0.1, 0.15) is 39.3 Å². The van der Waals surface area contributed by atoms with E-state index in [-0.39, 0.29) is 35.7 Å². The van der Waals surface area contributed by atoms with Crippen molar-refractivity contribution in [1.82, 2.24) is 0 Å². The average molecular weight is 461 g/mol. The highest BCUT2D eigenvalue weighted by atomic mass is 16.6. The Hall–Kier alpha value is -3.06. The van der Waals surface area contributed by atoms with Crippen molar-refractivity contribution in [2.75, 3.05) is 19.8 Å². The van der Waals surface area contributed by atoms with Gasteiger partial charge in [0, 0.05) is 30.7 Å². The second-order valence-electron chi connectivity index (χ2n) is 9.53. The molecule has 34 heavy (non-hydrogen) atoms. The van der Waals surface area contributed by atoms with Crippen molar-refractivity contribution in [2.45, 2.75) is 43.5 Å². The van der Waals surface area contributed by atoms with Gasteiger partial charge in [0.1, 0.15) is 17.2 Å². The third-order valence-corrected chi connectivity index (χ3v) is 6.91. The number of hydrogen-bond donors (Lipinski definition) is 3. The number of aromatic hydroxyl groups is 3. The first-order valence-electron chi connectivity index (χ1n) is 11.8. The first-order chi connectivity index (χ1) is 16.5. The minimum absolute atomic E-state index is 0.130. The van der Waals surface area contributed by atoms with E-state index in [9.17, 15) is 15.3 Å². The smallest absolute Gasteiger partial charge is 0.122 e. The van der Waals surface area contributed by atoms with Gasteiger partial charge < -0.3 is 29.5 Å². The summed E-state index contributed by atoms with van der Waals surface area (Å²) in [5.74, 6) is 0.626. The van der Waals surface area contributed by atoms with E-state index in [0.29, 0.717) is 31.8 Å². The van der Waals surface area contributed by atoms with Crippen LogP contribution in [-0.2, 0) is 33.5 Å². The Morgan fingerprint density at radius 2 is 1.09 bits per heavy atom. The second kappa shape index (κ2) is 8.62. The molecule has 0 amide bonds. The maximum Gasteiger partial charge on any atom is 0.122 e. The van der Waals surface area contributed by atoms with Crippen LogP contribution < -0.4 is 0 Å². The van der Waals surface area contributed by atoms with E-state index in [2.05, 4.69) is 6.07 Å². The number of phenolic OH excluding ortho intramolecular Hbond substituents is 3. The van der Waals surface area contributed by atoms with Crippen molar-refractivity contribution < 1.29 is 29.5 Å². The second-order valence-corrected chi connectivity index (χ2v) is 9.53. The highest BCUT2D eigenvalue weighted by molar-refractivity contribution is 5.57. The molecule has 3 aromatic carbocycles. The van der Waals surface area contributed by atoms with Crippen molar-refractivity contribution in [3.63, 3.8) is 0 Å². The Labute approximate surface area is 198 Å². The monoisotopic (exact) mass is 460 g/mol. The zero-order valence-corrected chi connectivity index (χ0v) is 18.8. The van der Waals surface area contributed by atoms with E-state index in [1.165, 1.54) is 0 Å². The molecule has 0 aromatic heterocycles. The topological polar surface area (TPSA) is 98.3 Å². The average Bonchev–Trinajstić information content (AvgIpc) is 3.66. The Kier molecular flexibility index (Phi) is 5.44. The summed E-state index contributed by atoms with van der Waals surface area (Å²) in [6.45, 7) is 2.15. The molecule has 3 saturated heterocycles. The molecular weight excluding hydrogens is 432 g/mol. The van der Waals surface area contributed by atoms with Gasteiger partial charge in [-0.25, -0.2) is 0 Å². The number of hydrogen-bond acceptors (Lipinski definition) is 6. The van der Waals surface area contributed by atoms with E-state index in [4.69, 9.17) is 14.2 Å². The normalized spacial score (nSPS) is 22.7. The van der Waals surface area contributed by atoms with Crippen LogP contribution in [-0.4, -0.2) is 53.5 Å². The maximum atomic E-state index is 11.4. The summed E-state index contributed by atoms with van der Waals surface area (Å²) < 4.78 is 16.7. The highest BCUT2D eigenvalue weighted by Crippen LogP contribution is 2.43. The zero-order valence-electron chi connectivity index (χ0n) is 18.8. The quantitative estimate of drug-likeness (QED) is 0.332. The molecule has 6 nitrogen and oxygen atoms in total. The number of epoxide rings is 3. The van der Waals surface area contributed by atoms with Crippen molar-refractivity contribution in [1.29, 1.82) is 0 Å². The third kappa shape index (κ3) is 4.62. The summed E-state index contributed by atoms with van der Waals surface area (Å²) in [4.78, 5) is 0. The summed E-state index contributed by atoms with van der Waals surface area (Å²) in [7, 11) is 0. The van der Waals surface area contributed by atoms with E-state index in [0.717, 1.165) is 46.4 Å². The van der Waals surface area contributed by atoms with Gasteiger partial charge in [-0.3, -0.25) is 0 Å². The van der Waals surface area contributed by atoms with Gasteiger partial charge in [-0.1, -0.05) is 30.3 Å². The maximum absolute atomic E-state index is 11.4. The van der Waals surface area contributed by atoms with Gasteiger partial charge in [-0.15, -0.1) is 0 Å². The Bertz CT molecular complexity index is 1130. The molecule has 0 spiro atoms. The molecule has 3 aliphatic heterocycles. The molecule has 0 saturated carbocycles. The molecule has 3 atom stereocenters. The lowest BCUT2D eigenvalue weighted by atomic mass is 9.78. The minimum atomic E-state index is -0.145. The van der Waals surface area contributed by atoms with Crippen LogP contribution in [0.2, 0.25) is 0 Å². The van der Waals surface area contributed by atoms with Crippen molar-refractivity contribution >= 4 is 0 Å². The van der Waals surface area contributed by atoms with Crippen LogP contribution in [0.3, 0.4) is 0 Å². The van der Waals surface area contributed by atoms with Crippen molar-refractivity contribution in [3.05, 3.63) is 88.0 Å². The Balaban J connectivity index is 1.55. The van der Waals surface area contributed by atoms with Gasteiger partial charge in [0.15, 0.2) is 0 Å². The number of benzene rings is 3. The number of phenols is 3. The molecule has 3 aliphatic rings. The van der Waals surface area contributed by atoms with Gasteiger partial charge in [0.25, 0.3) is 0 Å². The van der Waals surface area contributed by atoms with Gasteiger partial charge in [0.05, 0.1) is 38.1 Å². The molecule has 3 unspecified atom stereocenters. The fourth-order valence-corrected chi connectivity index (χ4v) is 4.87. The van der Waals surface area contributed by atoms with E-state index < -0.39 is 0 Å².